The molecule has 0 saturated carbocycles. The number of nitrogens with zero attached hydrogens (tertiary/aromatic N) is 2. The fourth-order valence-corrected chi connectivity index (χ4v) is 1.96. The molecule has 1 aliphatic carbocycles. The number of aromatic nitrogens is 2. The smallest absolute Gasteiger partial charge is 0.328 e. The predicted molar refractivity (Wildman–Crippen MR) is 57.5 cm³/mol. The third-order valence-electron chi connectivity index (χ3n) is 2.96. The fraction of sp³-hybridized carbons (Fsp3) is 0.545. The van der Waals surface area contributed by atoms with E-state index < -0.39 is 12.0 Å². The van der Waals surface area contributed by atoms with Crippen molar-refractivity contribution in [2.45, 2.75) is 38.6 Å². The highest BCUT2D eigenvalue weighted by Gasteiger charge is 2.19. The van der Waals surface area contributed by atoms with Crippen molar-refractivity contribution in [3.63, 3.8) is 0 Å². The summed E-state index contributed by atoms with van der Waals surface area (Å²) in [4.78, 5) is 22.5. The Labute approximate surface area is 92.7 Å². The summed E-state index contributed by atoms with van der Waals surface area (Å²) >= 11 is 0. The van der Waals surface area contributed by atoms with Crippen molar-refractivity contribution in [1.82, 2.24) is 9.78 Å². The van der Waals surface area contributed by atoms with Crippen LogP contribution in [-0.2, 0) is 17.6 Å². The second-order valence-electron chi connectivity index (χ2n) is 4.12. The van der Waals surface area contributed by atoms with Crippen LogP contribution in [0.5, 0.6) is 0 Å². The van der Waals surface area contributed by atoms with E-state index in [0.717, 1.165) is 41.6 Å². The zero-order valence-corrected chi connectivity index (χ0v) is 9.14. The lowest BCUT2D eigenvalue weighted by Crippen LogP contribution is -2.32. The molecule has 16 heavy (non-hydrogen) atoms. The summed E-state index contributed by atoms with van der Waals surface area (Å²) in [7, 11) is 0. The third kappa shape index (κ3) is 1.85. The van der Waals surface area contributed by atoms with Gasteiger partial charge in [0.2, 0.25) is 0 Å². The maximum Gasteiger partial charge on any atom is 0.328 e. The van der Waals surface area contributed by atoms with Gasteiger partial charge in [-0.25, -0.2) is 9.48 Å². The standard InChI is InChI=1S/C11H14N2O3/c1-7(11(15)16)13-10(14)6-8-4-2-3-5-9(8)12-13/h6-7H,2-5H2,1H3,(H,15,16)/t7-/m1/s1. The summed E-state index contributed by atoms with van der Waals surface area (Å²) in [6.07, 6.45) is 3.84. The topological polar surface area (TPSA) is 72.2 Å². The maximum absolute atomic E-state index is 11.7. The highest BCUT2D eigenvalue weighted by molar-refractivity contribution is 5.71. The minimum Gasteiger partial charge on any atom is -0.480 e. The van der Waals surface area contributed by atoms with E-state index in [-0.39, 0.29) is 5.56 Å². The molecule has 5 heteroatoms. The van der Waals surface area contributed by atoms with Gasteiger partial charge in [0.05, 0.1) is 5.69 Å². The molecule has 2 rings (SSSR count). The van der Waals surface area contributed by atoms with Gasteiger partial charge in [0, 0.05) is 6.07 Å². The lowest BCUT2D eigenvalue weighted by molar-refractivity contribution is -0.140. The highest BCUT2D eigenvalue weighted by Crippen LogP contribution is 2.17. The molecule has 86 valence electrons. The molecule has 0 saturated heterocycles. The average Bonchev–Trinajstić information content (AvgIpc) is 2.27. The third-order valence-corrected chi connectivity index (χ3v) is 2.96. The molecular formula is C11H14N2O3. The quantitative estimate of drug-likeness (QED) is 0.802. The first-order valence-corrected chi connectivity index (χ1v) is 5.44. The van der Waals surface area contributed by atoms with Gasteiger partial charge >= 0.3 is 5.97 Å². The summed E-state index contributed by atoms with van der Waals surface area (Å²) in [5.74, 6) is -1.04. The molecule has 0 bridgehead atoms. The molecule has 5 nitrogen and oxygen atoms in total. The first-order valence-electron chi connectivity index (χ1n) is 5.44. The Bertz CT molecular complexity index is 479. The van der Waals surface area contributed by atoms with Gasteiger partial charge in [-0.15, -0.1) is 0 Å². The van der Waals surface area contributed by atoms with Crippen molar-refractivity contribution in [1.29, 1.82) is 0 Å². The summed E-state index contributed by atoms with van der Waals surface area (Å²) < 4.78 is 1.06. The normalized spacial score (nSPS) is 16.6. The van der Waals surface area contributed by atoms with Crippen LogP contribution in [0, 0.1) is 0 Å². The molecule has 1 N–H and O–H groups in total. The molecule has 0 radical (unpaired) electrons. The van der Waals surface area contributed by atoms with Crippen LogP contribution >= 0.6 is 0 Å². The van der Waals surface area contributed by atoms with E-state index in [9.17, 15) is 9.59 Å². The molecule has 1 aromatic heterocycles. The molecule has 0 amide bonds. The largest absolute Gasteiger partial charge is 0.480 e. The van der Waals surface area contributed by atoms with Gasteiger partial charge in [-0.3, -0.25) is 4.79 Å². The van der Waals surface area contributed by atoms with Gasteiger partial charge in [0.1, 0.15) is 0 Å². The number of hydrogen-bond acceptors (Lipinski definition) is 3. The number of carbonyl (C=O) groups is 1. The van der Waals surface area contributed by atoms with Crippen LogP contribution in [0.1, 0.15) is 37.1 Å². The average molecular weight is 222 g/mol. The number of aliphatic carboxylic acids is 1. The zero-order valence-electron chi connectivity index (χ0n) is 9.14. The number of carboxylic acid groups (broad SMARTS) is 1. The SMILES string of the molecule is C[C@H](C(=O)O)n1nc2c(cc1=O)CCCC2. The number of hydrogen-bond donors (Lipinski definition) is 1. The van der Waals surface area contributed by atoms with E-state index >= 15 is 0 Å². The Morgan fingerprint density at radius 2 is 2.19 bits per heavy atom. The van der Waals surface area contributed by atoms with Crippen LogP contribution in [0.4, 0.5) is 0 Å². The second-order valence-corrected chi connectivity index (χ2v) is 4.12. The van der Waals surface area contributed by atoms with Crippen LogP contribution < -0.4 is 5.56 Å². The van der Waals surface area contributed by atoms with Crippen molar-refractivity contribution < 1.29 is 9.90 Å². The van der Waals surface area contributed by atoms with Gasteiger partial charge in [-0.2, -0.15) is 5.10 Å². The van der Waals surface area contributed by atoms with Crippen LogP contribution in [0.3, 0.4) is 0 Å². The lowest BCUT2D eigenvalue weighted by Gasteiger charge is -2.17. The molecule has 1 aromatic rings. The second kappa shape index (κ2) is 4.08. The Hall–Kier alpha value is -1.65. The van der Waals surface area contributed by atoms with Gasteiger partial charge < -0.3 is 5.11 Å². The molecule has 0 unspecified atom stereocenters. The molecule has 0 aromatic carbocycles. The molecule has 1 atom stereocenters. The van der Waals surface area contributed by atoms with E-state index in [1.165, 1.54) is 13.0 Å². The summed E-state index contributed by atoms with van der Waals surface area (Å²) in [6.45, 7) is 1.46. The lowest BCUT2D eigenvalue weighted by atomic mass is 9.97. The summed E-state index contributed by atoms with van der Waals surface area (Å²) in [5, 5.41) is 13.0. The maximum atomic E-state index is 11.7. The number of aryl methyl sites for hydroxylation is 2. The van der Waals surface area contributed by atoms with Crippen LogP contribution in [0.25, 0.3) is 0 Å². The van der Waals surface area contributed by atoms with Crippen LogP contribution in [-0.4, -0.2) is 20.9 Å². The van der Waals surface area contributed by atoms with E-state index in [4.69, 9.17) is 5.11 Å². The Morgan fingerprint density at radius 3 is 2.88 bits per heavy atom. The van der Waals surface area contributed by atoms with Crippen molar-refractivity contribution >= 4 is 5.97 Å². The van der Waals surface area contributed by atoms with E-state index in [0.29, 0.717) is 0 Å². The molecule has 1 heterocycles. The Kier molecular flexibility index (Phi) is 2.77. The number of fused-ring (bicyclic) bond motifs is 1. The molecule has 1 aliphatic rings. The summed E-state index contributed by atoms with van der Waals surface area (Å²) in [6, 6.07) is 0.626. The summed E-state index contributed by atoms with van der Waals surface area (Å²) in [5.41, 5.74) is 1.53. The molecule has 0 spiro atoms. The Balaban J connectivity index is 2.47. The van der Waals surface area contributed by atoms with Crippen molar-refractivity contribution in [3.05, 3.63) is 27.7 Å². The molecule has 0 fully saturated rings. The minimum absolute atomic E-state index is 0.324. The molecule has 0 aliphatic heterocycles. The van der Waals surface area contributed by atoms with E-state index in [2.05, 4.69) is 5.10 Å². The van der Waals surface area contributed by atoms with Gasteiger partial charge in [-0.1, -0.05) is 0 Å². The highest BCUT2D eigenvalue weighted by atomic mass is 16.4. The fourth-order valence-electron chi connectivity index (χ4n) is 1.96. The van der Waals surface area contributed by atoms with Crippen molar-refractivity contribution in [2.75, 3.05) is 0 Å². The van der Waals surface area contributed by atoms with E-state index in [1.54, 1.807) is 0 Å². The van der Waals surface area contributed by atoms with Crippen LogP contribution in [0.15, 0.2) is 10.9 Å². The van der Waals surface area contributed by atoms with Crippen LogP contribution in [0.2, 0.25) is 0 Å². The van der Waals surface area contributed by atoms with Gasteiger partial charge in [-0.05, 0) is 38.2 Å². The molecular weight excluding hydrogens is 208 g/mol. The first kappa shape index (κ1) is 10.9. The number of rotatable bonds is 2. The van der Waals surface area contributed by atoms with Gasteiger partial charge in [0.25, 0.3) is 5.56 Å². The zero-order chi connectivity index (χ0) is 11.7. The van der Waals surface area contributed by atoms with Crippen molar-refractivity contribution in [2.24, 2.45) is 0 Å². The first-order chi connectivity index (χ1) is 7.59. The number of carboxylic acids is 1. The monoisotopic (exact) mass is 222 g/mol. The van der Waals surface area contributed by atoms with Gasteiger partial charge in [0.15, 0.2) is 6.04 Å². The van der Waals surface area contributed by atoms with Crippen molar-refractivity contribution in [3.8, 4) is 0 Å². The van der Waals surface area contributed by atoms with E-state index in [1.807, 2.05) is 0 Å². The minimum atomic E-state index is -1.04. The Morgan fingerprint density at radius 1 is 1.50 bits per heavy atom. The predicted octanol–water partition coefficient (Wildman–Crippen LogP) is 0.768.